The fourth-order valence-corrected chi connectivity index (χ4v) is 3.59. The van der Waals surface area contributed by atoms with E-state index in [1.54, 1.807) is 0 Å². The number of amides is 2. The number of halogens is 1. The molecule has 0 radical (unpaired) electrons. The average molecular weight is 323 g/mol. The van der Waals surface area contributed by atoms with Crippen LogP contribution in [0, 0.1) is 0 Å². The molecule has 2 rings (SSSR count). The highest BCUT2D eigenvalue weighted by atomic mass is 35.5. The molecule has 0 spiro atoms. The predicted molar refractivity (Wildman–Crippen MR) is 74.5 cm³/mol. The van der Waals surface area contributed by atoms with Crippen LogP contribution in [0.1, 0.15) is 44.9 Å². The lowest BCUT2D eigenvalue weighted by molar-refractivity contribution is -0.136. The molecule has 0 unspecified atom stereocenters. The second-order valence-electron chi connectivity index (χ2n) is 5.39. The molecule has 1 saturated heterocycles. The SMILES string of the molecule is O=C(CN1CCCCCCC1=O)NS(=O)(=O)C1(Cl)CC1. The van der Waals surface area contributed by atoms with Crippen molar-refractivity contribution < 1.29 is 18.0 Å². The van der Waals surface area contributed by atoms with Crippen LogP contribution in [0.25, 0.3) is 0 Å². The molecule has 1 aliphatic carbocycles. The van der Waals surface area contributed by atoms with Crippen LogP contribution < -0.4 is 4.72 Å². The summed E-state index contributed by atoms with van der Waals surface area (Å²) < 4.78 is 24.2. The molecular formula is C12H19ClN2O4S. The Bertz CT molecular complexity index is 502. The number of nitrogens with zero attached hydrogens (tertiary/aromatic N) is 1. The van der Waals surface area contributed by atoms with Crippen LogP contribution in [0.4, 0.5) is 0 Å². The Morgan fingerprint density at radius 3 is 2.55 bits per heavy atom. The Hall–Kier alpha value is -0.820. The van der Waals surface area contributed by atoms with E-state index >= 15 is 0 Å². The maximum absolute atomic E-state index is 11.8. The van der Waals surface area contributed by atoms with Crippen molar-refractivity contribution in [3.63, 3.8) is 0 Å². The van der Waals surface area contributed by atoms with E-state index in [0.29, 0.717) is 25.8 Å². The second-order valence-corrected chi connectivity index (χ2v) is 8.33. The molecule has 8 heteroatoms. The number of carbonyl (C=O) groups excluding carboxylic acids is 2. The summed E-state index contributed by atoms with van der Waals surface area (Å²) in [4.78, 5) is 25.1. The highest BCUT2D eigenvalue weighted by molar-refractivity contribution is 7.93. The summed E-state index contributed by atoms with van der Waals surface area (Å²) in [5.74, 6) is -0.782. The minimum atomic E-state index is -3.84. The van der Waals surface area contributed by atoms with Crippen molar-refractivity contribution in [3.8, 4) is 0 Å². The lowest BCUT2D eigenvalue weighted by Crippen LogP contribution is -2.45. The lowest BCUT2D eigenvalue weighted by Gasteiger charge is -2.24. The fourth-order valence-electron chi connectivity index (χ4n) is 2.20. The van der Waals surface area contributed by atoms with Crippen LogP contribution >= 0.6 is 11.6 Å². The Morgan fingerprint density at radius 2 is 1.90 bits per heavy atom. The number of nitrogens with one attached hydrogen (secondary N) is 1. The Morgan fingerprint density at radius 1 is 1.25 bits per heavy atom. The smallest absolute Gasteiger partial charge is 0.254 e. The molecule has 0 bridgehead atoms. The maximum atomic E-state index is 11.8. The van der Waals surface area contributed by atoms with Crippen LogP contribution in [0.5, 0.6) is 0 Å². The van der Waals surface area contributed by atoms with E-state index in [4.69, 9.17) is 11.6 Å². The van der Waals surface area contributed by atoms with E-state index in [9.17, 15) is 18.0 Å². The lowest BCUT2D eigenvalue weighted by atomic mass is 10.1. The van der Waals surface area contributed by atoms with E-state index in [1.165, 1.54) is 4.90 Å². The summed E-state index contributed by atoms with van der Waals surface area (Å²) in [5, 5.41) is 0. The number of rotatable bonds is 4. The van der Waals surface area contributed by atoms with Crippen molar-refractivity contribution in [2.24, 2.45) is 0 Å². The van der Waals surface area contributed by atoms with Crippen molar-refractivity contribution in [1.29, 1.82) is 0 Å². The van der Waals surface area contributed by atoms with Crippen LogP contribution in [-0.2, 0) is 19.6 Å². The van der Waals surface area contributed by atoms with Gasteiger partial charge < -0.3 is 4.90 Å². The molecule has 1 N–H and O–H groups in total. The first-order valence-corrected chi connectivity index (χ1v) is 8.72. The quantitative estimate of drug-likeness (QED) is 0.781. The van der Waals surface area contributed by atoms with Gasteiger partial charge in [0, 0.05) is 13.0 Å². The third kappa shape index (κ3) is 3.63. The first kappa shape index (κ1) is 15.6. The summed E-state index contributed by atoms with van der Waals surface area (Å²) in [6, 6.07) is 0. The van der Waals surface area contributed by atoms with E-state index < -0.39 is 20.1 Å². The molecule has 1 heterocycles. The Kier molecular flexibility index (Phi) is 4.59. The molecule has 1 saturated carbocycles. The van der Waals surface area contributed by atoms with Crippen LogP contribution in [-0.4, -0.2) is 42.4 Å². The van der Waals surface area contributed by atoms with Crippen LogP contribution in [0.3, 0.4) is 0 Å². The predicted octanol–water partition coefficient (Wildman–Crippen LogP) is 0.954. The van der Waals surface area contributed by atoms with Gasteiger partial charge in [-0.05, 0) is 25.7 Å². The summed E-state index contributed by atoms with van der Waals surface area (Å²) in [5.41, 5.74) is 0. The molecule has 1 aliphatic heterocycles. The summed E-state index contributed by atoms with van der Waals surface area (Å²) in [6.07, 6.45) is 4.81. The van der Waals surface area contributed by atoms with E-state index in [1.807, 2.05) is 4.72 Å². The number of hydrogen-bond acceptors (Lipinski definition) is 4. The molecule has 0 aromatic heterocycles. The van der Waals surface area contributed by atoms with Crippen molar-refractivity contribution >= 4 is 33.4 Å². The molecule has 0 aromatic carbocycles. The van der Waals surface area contributed by atoms with Gasteiger partial charge in [0.05, 0.1) is 0 Å². The van der Waals surface area contributed by atoms with Gasteiger partial charge in [0.1, 0.15) is 6.54 Å². The summed E-state index contributed by atoms with van der Waals surface area (Å²) in [6.45, 7) is 0.281. The van der Waals surface area contributed by atoms with Gasteiger partial charge in [-0.1, -0.05) is 24.4 Å². The van der Waals surface area contributed by atoms with Crippen molar-refractivity contribution in [2.45, 2.75) is 49.2 Å². The average Bonchev–Trinajstić information content (AvgIpc) is 3.08. The molecular weight excluding hydrogens is 304 g/mol. The molecule has 0 aromatic rings. The monoisotopic (exact) mass is 322 g/mol. The number of carbonyl (C=O) groups is 2. The zero-order valence-corrected chi connectivity index (χ0v) is 12.8. The van der Waals surface area contributed by atoms with Gasteiger partial charge in [0.2, 0.25) is 5.91 Å². The zero-order chi connectivity index (χ0) is 14.8. The third-order valence-electron chi connectivity index (χ3n) is 3.63. The molecule has 0 atom stereocenters. The second kappa shape index (κ2) is 5.89. The maximum Gasteiger partial charge on any atom is 0.254 e. The van der Waals surface area contributed by atoms with Gasteiger partial charge in [-0.15, -0.1) is 0 Å². The zero-order valence-electron chi connectivity index (χ0n) is 11.2. The molecule has 2 aliphatic rings. The highest BCUT2D eigenvalue weighted by Gasteiger charge is 2.54. The highest BCUT2D eigenvalue weighted by Crippen LogP contribution is 2.46. The van der Waals surface area contributed by atoms with Crippen molar-refractivity contribution in [3.05, 3.63) is 0 Å². The number of hydrogen-bond donors (Lipinski definition) is 1. The number of alkyl halides is 1. The molecule has 2 fully saturated rings. The van der Waals surface area contributed by atoms with E-state index in [0.717, 1.165) is 25.7 Å². The van der Waals surface area contributed by atoms with Gasteiger partial charge in [-0.25, -0.2) is 8.42 Å². The van der Waals surface area contributed by atoms with Gasteiger partial charge in [-0.2, -0.15) is 0 Å². The Balaban J connectivity index is 1.91. The summed E-state index contributed by atoms with van der Waals surface area (Å²) >= 11 is 5.82. The molecule has 6 nitrogen and oxygen atoms in total. The fraction of sp³-hybridized carbons (Fsp3) is 0.833. The van der Waals surface area contributed by atoms with Crippen LogP contribution in [0.15, 0.2) is 0 Å². The molecule has 2 amide bonds. The Labute approximate surface area is 123 Å². The standard InChI is InChI=1S/C12H19ClN2O4S/c13-12(6-7-12)20(18,19)14-10(16)9-15-8-4-2-1-3-5-11(15)17/h1-9H2,(H,14,16). The third-order valence-corrected chi connectivity index (χ3v) is 6.48. The largest absolute Gasteiger partial charge is 0.333 e. The van der Waals surface area contributed by atoms with E-state index in [-0.39, 0.29) is 12.5 Å². The topological polar surface area (TPSA) is 83.6 Å². The van der Waals surface area contributed by atoms with Gasteiger partial charge in [0.15, 0.2) is 4.21 Å². The van der Waals surface area contributed by atoms with Crippen molar-refractivity contribution in [1.82, 2.24) is 9.62 Å². The minimum Gasteiger partial charge on any atom is -0.333 e. The number of sulfonamides is 1. The van der Waals surface area contributed by atoms with Crippen LogP contribution in [0.2, 0.25) is 0 Å². The van der Waals surface area contributed by atoms with E-state index in [2.05, 4.69) is 0 Å². The first-order chi connectivity index (χ1) is 9.34. The first-order valence-electron chi connectivity index (χ1n) is 6.86. The minimum absolute atomic E-state index is 0.0933. The molecule has 20 heavy (non-hydrogen) atoms. The van der Waals surface area contributed by atoms with Crippen molar-refractivity contribution in [2.75, 3.05) is 13.1 Å². The van der Waals surface area contributed by atoms with Gasteiger partial charge in [-0.3, -0.25) is 14.3 Å². The normalized spacial score (nSPS) is 22.9. The summed E-state index contributed by atoms with van der Waals surface area (Å²) in [7, 11) is -3.84. The van der Waals surface area contributed by atoms with Gasteiger partial charge in [0.25, 0.3) is 15.9 Å². The number of likely N-dealkylation sites (tertiary alicyclic amines) is 1. The molecule has 114 valence electrons. The van der Waals surface area contributed by atoms with Gasteiger partial charge >= 0.3 is 0 Å².